The minimum absolute atomic E-state index is 0.0261. The van der Waals surface area contributed by atoms with Crippen LogP contribution in [0.5, 0.6) is 0 Å². The molecule has 1 heterocycles. The van der Waals surface area contributed by atoms with E-state index in [1.54, 1.807) is 36.4 Å². The molecule has 0 atom stereocenters. The molecule has 0 aliphatic carbocycles. The van der Waals surface area contributed by atoms with Crippen LogP contribution in [0, 0.1) is 19.3 Å². The normalized spacial score (nSPS) is 10.9. The van der Waals surface area contributed by atoms with Crippen molar-refractivity contribution in [1.29, 1.82) is 0 Å². The first-order chi connectivity index (χ1) is 8.54. The van der Waals surface area contributed by atoms with E-state index in [9.17, 15) is 8.42 Å². The molecule has 2 rings (SSSR count). The van der Waals surface area contributed by atoms with E-state index in [-0.39, 0.29) is 9.92 Å². The largest absolute Gasteiger partial charge is 0.227 e. The van der Waals surface area contributed by atoms with Gasteiger partial charge in [0.1, 0.15) is 5.69 Å². The average molecular weight is 257 g/mol. The van der Waals surface area contributed by atoms with Crippen molar-refractivity contribution in [1.82, 2.24) is 4.98 Å². The summed E-state index contributed by atoms with van der Waals surface area (Å²) in [6.45, 7) is 1.90. The van der Waals surface area contributed by atoms with E-state index in [0.717, 1.165) is 5.56 Å². The Hall–Kier alpha value is -2.12. The van der Waals surface area contributed by atoms with Crippen LogP contribution < -0.4 is 0 Å². The Kier molecular flexibility index (Phi) is 3.17. The van der Waals surface area contributed by atoms with Crippen LogP contribution in [0.4, 0.5) is 0 Å². The Morgan fingerprint density at radius 2 is 1.78 bits per heavy atom. The summed E-state index contributed by atoms with van der Waals surface area (Å²) in [4.78, 5) is 4.16. The summed E-state index contributed by atoms with van der Waals surface area (Å²) in [5.41, 5.74) is 1.31. The zero-order valence-corrected chi connectivity index (χ0v) is 10.6. The van der Waals surface area contributed by atoms with E-state index in [2.05, 4.69) is 10.9 Å². The third-order valence-electron chi connectivity index (χ3n) is 2.48. The molecule has 0 spiro atoms. The number of benzene rings is 1. The second-order valence-corrected chi connectivity index (χ2v) is 5.72. The summed E-state index contributed by atoms with van der Waals surface area (Å²) >= 11 is 0. The third kappa shape index (κ3) is 2.27. The minimum Gasteiger partial charge on any atom is -0.227 e. The van der Waals surface area contributed by atoms with Crippen LogP contribution in [-0.2, 0) is 9.84 Å². The standard InChI is InChI=1S/C14H11NO2S/c1-3-12-5-4-6-14(15-12)18(16,17)13-9-7-11(2)8-10-13/h1,4-10H,2H3. The molecule has 0 N–H and O–H groups in total. The molecular formula is C14H11NO2S. The van der Waals surface area contributed by atoms with Crippen molar-refractivity contribution in [3.05, 3.63) is 53.7 Å². The van der Waals surface area contributed by atoms with Crippen LogP contribution in [0.3, 0.4) is 0 Å². The highest BCUT2D eigenvalue weighted by Gasteiger charge is 2.18. The van der Waals surface area contributed by atoms with Crippen LogP contribution in [0.25, 0.3) is 0 Å². The molecular weight excluding hydrogens is 246 g/mol. The van der Waals surface area contributed by atoms with E-state index in [0.29, 0.717) is 5.69 Å². The number of pyridine rings is 1. The molecule has 0 aliphatic heterocycles. The zero-order chi connectivity index (χ0) is 13.2. The van der Waals surface area contributed by atoms with Gasteiger partial charge < -0.3 is 0 Å². The van der Waals surface area contributed by atoms with Gasteiger partial charge in [-0.3, -0.25) is 0 Å². The molecule has 2 aromatic rings. The van der Waals surface area contributed by atoms with Crippen molar-refractivity contribution in [3.8, 4) is 12.3 Å². The van der Waals surface area contributed by atoms with E-state index in [4.69, 9.17) is 6.42 Å². The lowest BCUT2D eigenvalue weighted by Crippen LogP contribution is -2.05. The van der Waals surface area contributed by atoms with Gasteiger partial charge in [-0.25, -0.2) is 13.4 Å². The van der Waals surface area contributed by atoms with Crippen molar-refractivity contribution in [2.45, 2.75) is 16.8 Å². The van der Waals surface area contributed by atoms with Crippen molar-refractivity contribution in [2.24, 2.45) is 0 Å². The quantitative estimate of drug-likeness (QED) is 0.775. The highest BCUT2D eigenvalue weighted by Crippen LogP contribution is 2.19. The molecule has 1 aromatic heterocycles. The number of hydrogen-bond acceptors (Lipinski definition) is 3. The van der Waals surface area contributed by atoms with Crippen molar-refractivity contribution < 1.29 is 8.42 Å². The third-order valence-corrected chi connectivity index (χ3v) is 4.15. The zero-order valence-electron chi connectivity index (χ0n) is 9.79. The summed E-state index contributed by atoms with van der Waals surface area (Å²) < 4.78 is 24.6. The Morgan fingerprint density at radius 3 is 2.39 bits per heavy atom. The van der Waals surface area contributed by atoms with Gasteiger partial charge >= 0.3 is 0 Å². The minimum atomic E-state index is -3.60. The molecule has 0 saturated heterocycles. The monoisotopic (exact) mass is 257 g/mol. The predicted molar refractivity (Wildman–Crippen MR) is 68.8 cm³/mol. The maximum atomic E-state index is 12.3. The summed E-state index contributed by atoms with van der Waals surface area (Å²) in [6.07, 6.45) is 5.21. The first-order valence-electron chi connectivity index (χ1n) is 5.29. The Bertz CT molecular complexity index is 710. The van der Waals surface area contributed by atoms with Gasteiger partial charge in [0.05, 0.1) is 4.90 Å². The van der Waals surface area contributed by atoms with Crippen LogP contribution >= 0.6 is 0 Å². The van der Waals surface area contributed by atoms with Crippen LogP contribution in [0.2, 0.25) is 0 Å². The lowest BCUT2D eigenvalue weighted by molar-refractivity contribution is 0.592. The fourth-order valence-electron chi connectivity index (χ4n) is 1.48. The smallest absolute Gasteiger partial charge is 0.223 e. The lowest BCUT2D eigenvalue weighted by Gasteiger charge is -2.04. The number of nitrogens with zero attached hydrogens (tertiary/aromatic N) is 1. The average Bonchev–Trinajstić information content (AvgIpc) is 2.39. The van der Waals surface area contributed by atoms with Gasteiger partial charge in [0.2, 0.25) is 9.84 Å². The fraction of sp³-hybridized carbons (Fsp3) is 0.0714. The number of terminal acetylenes is 1. The molecule has 0 amide bonds. The fourth-order valence-corrected chi connectivity index (χ4v) is 2.70. The van der Waals surface area contributed by atoms with Crippen molar-refractivity contribution in [3.63, 3.8) is 0 Å². The van der Waals surface area contributed by atoms with Crippen LogP contribution in [-0.4, -0.2) is 13.4 Å². The Balaban J connectivity index is 2.55. The summed E-state index contributed by atoms with van der Waals surface area (Å²) in [5, 5.41) is -0.0261. The van der Waals surface area contributed by atoms with E-state index < -0.39 is 9.84 Å². The Morgan fingerprint density at radius 1 is 1.11 bits per heavy atom. The maximum absolute atomic E-state index is 12.3. The number of sulfone groups is 1. The molecule has 0 radical (unpaired) electrons. The van der Waals surface area contributed by atoms with E-state index in [1.807, 2.05) is 6.92 Å². The van der Waals surface area contributed by atoms with Gasteiger partial charge in [0.15, 0.2) is 5.03 Å². The summed E-state index contributed by atoms with van der Waals surface area (Å²) in [7, 11) is -3.60. The van der Waals surface area contributed by atoms with Crippen molar-refractivity contribution in [2.75, 3.05) is 0 Å². The van der Waals surface area contributed by atoms with E-state index in [1.165, 1.54) is 6.07 Å². The first-order valence-corrected chi connectivity index (χ1v) is 6.78. The molecule has 0 aliphatic rings. The van der Waals surface area contributed by atoms with Gasteiger partial charge in [0.25, 0.3) is 0 Å². The number of aromatic nitrogens is 1. The molecule has 0 saturated carbocycles. The number of aryl methyl sites for hydroxylation is 1. The molecule has 0 fully saturated rings. The summed E-state index contributed by atoms with van der Waals surface area (Å²) in [5.74, 6) is 2.32. The molecule has 0 unspecified atom stereocenters. The number of rotatable bonds is 2. The van der Waals surface area contributed by atoms with Crippen LogP contribution in [0.1, 0.15) is 11.3 Å². The summed E-state index contributed by atoms with van der Waals surface area (Å²) in [6, 6.07) is 11.2. The van der Waals surface area contributed by atoms with Crippen molar-refractivity contribution >= 4 is 9.84 Å². The molecule has 4 heteroatoms. The molecule has 18 heavy (non-hydrogen) atoms. The highest BCUT2D eigenvalue weighted by atomic mass is 32.2. The predicted octanol–water partition coefficient (Wildman–Crippen LogP) is 2.20. The lowest BCUT2D eigenvalue weighted by atomic mass is 10.2. The van der Waals surface area contributed by atoms with Gasteiger partial charge in [-0.2, -0.15) is 0 Å². The first kappa shape index (κ1) is 12.3. The van der Waals surface area contributed by atoms with Crippen LogP contribution in [0.15, 0.2) is 52.4 Å². The maximum Gasteiger partial charge on any atom is 0.223 e. The SMILES string of the molecule is C#Cc1cccc(S(=O)(=O)c2ccc(C)cc2)n1. The topological polar surface area (TPSA) is 47.0 Å². The second kappa shape index (κ2) is 4.63. The van der Waals surface area contributed by atoms with Gasteiger partial charge in [0, 0.05) is 0 Å². The molecule has 3 nitrogen and oxygen atoms in total. The number of hydrogen-bond donors (Lipinski definition) is 0. The molecule has 90 valence electrons. The van der Waals surface area contributed by atoms with E-state index >= 15 is 0 Å². The molecule has 0 bridgehead atoms. The second-order valence-electron chi connectivity index (χ2n) is 3.82. The van der Waals surface area contributed by atoms with Gasteiger partial charge in [-0.05, 0) is 31.2 Å². The van der Waals surface area contributed by atoms with Gasteiger partial charge in [-0.15, -0.1) is 6.42 Å². The Labute approximate surface area is 106 Å². The van der Waals surface area contributed by atoms with Gasteiger partial charge in [-0.1, -0.05) is 29.7 Å². The highest BCUT2D eigenvalue weighted by molar-refractivity contribution is 7.91. The molecule has 1 aromatic carbocycles.